The van der Waals surface area contributed by atoms with E-state index < -0.39 is 86.9 Å². The lowest BCUT2D eigenvalue weighted by Crippen LogP contribution is -2.22. The Labute approximate surface area is 238 Å². The third-order valence-electron chi connectivity index (χ3n) is 6.93. The molecule has 4 aromatic rings. The molecule has 4 aromatic carbocycles. The number of hydrogen-bond acceptors (Lipinski definition) is 2. The summed E-state index contributed by atoms with van der Waals surface area (Å²) in [5.74, 6) is -27.9. The lowest BCUT2D eigenvalue weighted by atomic mass is 9.96. The van der Waals surface area contributed by atoms with Crippen LogP contribution in [0.5, 0.6) is 0 Å². The van der Waals surface area contributed by atoms with E-state index in [1.807, 2.05) is 24.3 Å². The van der Waals surface area contributed by atoms with Crippen molar-refractivity contribution in [1.82, 2.24) is 0 Å². The molecule has 0 saturated carbocycles. The molecule has 0 N–H and O–H groups in total. The van der Waals surface area contributed by atoms with Crippen LogP contribution in [0, 0.1) is 64.1 Å². The van der Waals surface area contributed by atoms with Crippen LogP contribution in [-0.4, -0.2) is 5.97 Å². The number of hydrogen-bond donors (Lipinski definition) is 0. The lowest BCUT2D eigenvalue weighted by molar-refractivity contribution is 0.0345. The molecule has 0 aliphatic heterocycles. The molecular formula is C31H20F10O2. The van der Waals surface area contributed by atoms with Gasteiger partial charge in [-0.05, 0) is 41.2 Å². The summed E-state index contributed by atoms with van der Waals surface area (Å²) in [6.07, 6.45) is -1.44. The highest BCUT2D eigenvalue weighted by atomic mass is 19.2. The van der Waals surface area contributed by atoms with Gasteiger partial charge >= 0.3 is 5.97 Å². The molecule has 0 radical (unpaired) electrons. The predicted octanol–water partition coefficient (Wildman–Crippen LogP) is 9.28. The summed E-state index contributed by atoms with van der Waals surface area (Å²) in [5.41, 5.74) is -2.37. The number of carbonyl (C=O) groups excluding carboxylic acids is 1. The maximum Gasteiger partial charge on any atom is 0.339 e. The van der Waals surface area contributed by atoms with E-state index >= 15 is 0 Å². The molecule has 2 nitrogen and oxygen atoms in total. The van der Waals surface area contributed by atoms with Gasteiger partial charge in [0.2, 0.25) is 11.6 Å². The summed E-state index contributed by atoms with van der Waals surface area (Å²) in [6.45, 7) is 4.17. The summed E-state index contributed by atoms with van der Waals surface area (Å²) < 4.78 is 147. The van der Waals surface area contributed by atoms with Crippen LogP contribution in [0.15, 0.2) is 48.5 Å². The number of halogens is 10. The first-order chi connectivity index (χ1) is 20.3. The molecule has 0 heterocycles. The van der Waals surface area contributed by atoms with E-state index in [4.69, 9.17) is 4.74 Å². The fraction of sp³-hybridized carbons (Fsp3) is 0.194. The van der Waals surface area contributed by atoms with Gasteiger partial charge < -0.3 is 4.74 Å². The minimum Gasteiger partial charge on any atom is -0.448 e. The molecule has 43 heavy (non-hydrogen) atoms. The van der Waals surface area contributed by atoms with Crippen LogP contribution in [0.2, 0.25) is 0 Å². The van der Waals surface area contributed by atoms with Gasteiger partial charge in [-0.2, -0.15) is 0 Å². The van der Waals surface area contributed by atoms with Gasteiger partial charge in [0.25, 0.3) is 0 Å². The number of rotatable bonds is 8. The first kappa shape index (κ1) is 31.6. The summed E-state index contributed by atoms with van der Waals surface area (Å²) in [4.78, 5) is 12.9. The van der Waals surface area contributed by atoms with Gasteiger partial charge in [-0.15, -0.1) is 0 Å². The first-order valence-electron chi connectivity index (χ1n) is 12.7. The van der Waals surface area contributed by atoms with Crippen molar-refractivity contribution in [2.45, 2.75) is 32.8 Å². The molecule has 4 rings (SSSR count). The molecule has 0 spiro atoms. The Morgan fingerprint density at radius 3 is 1.30 bits per heavy atom. The largest absolute Gasteiger partial charge is 0.448 e. The molecule has 0 aromatic heterocycles. The van der Waals surface area contributed by atoms with E-state index in [1.54, 1.807) is 0 Å². The maximum absolute atomic E-state index is 14.7. The zero-order valence-electron chi connectivity index (χ0n) is 22.3. The topological polar surface area (TPSA) is 26.3 Å². The van der Waals surface area contributed by atoms with Gasteiger partial charge in [-0.25, -0.2) is 48.7 Å². The van der Waals surface area contributed by atoms with Crippen molar-refractivity contribution in [2.24, 2.45) is 5.92 Å². The average molecular weight is 614 g/mol. The summed E-state index contributed by atoms with van der Waals surface area (Å²) in [7, 11) is 0. The highest BCUT2D eigenvalue weighted by Crippen LogP contribution is 2.39. The maximum atomic E-state index is 14.7. The molecule has 0 saturated heterocycles. The summed E-state index contributed by atoms with van der Waals surface area (Å²) in [5, 5.41) is 0. The molecule has 1 atom stereocenters. The van der Waals surface area contributed by atoms with E-state index in [9.17, 15) is 48.7 Å². The highest BCUT2D eigenvalue weighted by molar-refractivity contribution is 5.90. The Bertz CT molecular complexity index is 1560. The van der Waals surface area contributed by atoms with Gasteiger partial charge in [0.1, 0.15) is 0 Å². The lowest BCUT2D eigenvalue weighted by Gasteiger charge is -2.22. The fourth-order valence-corrected chi connectivity index (χ4v) is 4.32. The zero-order valence-corrected chi connectivity index (χ0v) is 22.3. The summed E-state index contributed by atoms with van der Waals surface area (Å²) in [6, 6.07) is 12.4. The second-order valence-electron chi connectivity index (χ2n) is 9.74. The molecule has 226 valence electrons. The monoisotopic (exact) mass is 614 g/mol. The van der Waals surface area contributed by atoms with Crippen molar-refractivity contribution < 1.29 is 53.4 Å². The van der Waals surface area contributed by atoms with E-state index in [1.165, 1.54) is 12.1 Å². The van der Waals surface area contributed by atoms with Crippen molar-refractivity contribution in [3.63, 3.8) is 0 Å². The van der Waals surface area contributed by atoms with Crippen LogP contribution in [0.1, 0.15) is 53.4 Å². The van der Waals surface area contributed by atoms with Crippen LogP contribution >= 0.6 is 0 Å². The molecule has 0 bridgehead atoms. The normalized spacial score (nSPS) is 12.1. The Balaban J connectivity index is 1.75. The number of ether oxygens (including phenoxy) is 1. The van der Waals surface area contributed by atoms with Crippen molar-refractivity contribution in [3.8, 4) is 11.1 Å². The summed E-state index contributed by atoms with van der Waals surface area (Å²) >= 11 is 0. The number of benzene rings is 4. The smallest absolute Gasteiger partial charge is 0.339 e. The third kappa shape index (κ3) is 5.95. The Hall–Kier alpha value is -4.35. The van der Waals surface area contributed by atoms with Gasteiger partial charge in [-0.1, -0.05) is 56.7 Å². The Morgan fingerprint density at radius 1 is 0.581 bits per heavy atom. The predicted molar refractivity (Wildman–Crippen MR) is 135 cm³/mol. The van der Waals surface area contributed by atoms with Crippen molar-refractivity contribution >= 4 is 5.97 Å². The van der Waals surface area contributed by atoms with Gasteiger partial charge in [-0.3, -0.25) is 0 Å². The van der Waals surface area contributed by atoms with Gasteiger partial charge in [0.05, 0.1) is 16.7 Å². The molecule has 0 aliphatic carbocycles. The van der Waals surface area contributed by atoms with Crippen molar-refractivity contribution in [3.05, 3.63) is 129 Å². The second kappa shape index (κ2) is 12.5. The number of esters is 1. The fourth-order valence-electron chi connectivity index (χ4n) is 4.32. The van der Waals surface area contributed by atoms with Gasteiger partial charge in [0.15, 0.2) is 52.6 Å². The zero-order chi connectivity index (χ0) is 31.7. The molecule has 0 amide bonds. The van der Waals surface area contributed by atoms with E-state index in [2.05, 4.69) is 13.8 Å². The SMILES string of the molecule is CCC(C)Cc1ccc(-c2ccc(C(=O)OC(c3c(F)c(F)c(F)c(F)c3F)c3c(F)c(F)c(F)c(F)c3F)cc2)cc1. The average Bonchev–Trinajstić information content (AvgIpc) is 3.01. The van der Waals surface area contributed by atoms with Crippen LogP contribution in [0.4, 0.5) is 43.9 Å². The van der Waals surface area contributed by atoms with Crippen LogP contribution in [0.25, 0.3) is 11.1 Å². The molecule has 0 aliphatic rings. The molecule has 12 heteroatoms. The minimum absolute atomic E-state index is 0.449. The number of carbonyl (C=O) groups is 1. The van der Waals surface area contributed by atoms with E-state index in [0.29, 0.717) is 17.0 Å². The third-order valence-corrected chi connectivity index (χ3v) is 6.93. The second-order valence-corrected chi connectivity index (χ2v) is 9.74. The van der Waals surface area contributed by atoms with Crippen molar-refractivity contribution in [2.75, 3.05) is 0 Å². The quantitative estimate of drug-likeness (QED) is 0.0856. The highest BCUT2D eigenvalue weighted by Gasteiger charge is 2.39. The van der Waals surface area contributed by atoms with E-state index in [0.717, 1.165) is 30.5 Å². The molecule has 1 unspecified atom stereocenters. The van der Waals surface area contributed by atoms with E-state index in [-0.39, 0.29) is 0 Å². The molecule has 0 fully saturated rings. The minimum atomic E-state index is -3.29. The molecular weight excluding hydrogens is 594 g/mol. The van der Waals surface area contributed by atoms with Crippen LogP contribution in [-0.2, 0) is 11.2 Å². The Kier molecular flexibility index (Phi) is 9.17. The van der Waals surface area contributed by atoms with Crippen LogP contribution < -0.4 is 0 Å². The first-order valence-corrected chi connectivity index (χ1v) is 12.7. The standard InChI is InChI=1S/C31H20F10O2/c1-3-13(2)12-14-4-6-15(7-5-14)16-8-10-17(11-9-16)31(42)43-30(18-20(32)24(36)28(40)25(37)21(18)33)19-22(34)26(38)29(41)27(39)23(19)35/h4-11,13,30H,3,12H2,1-2H3. The Morgan fingerprint density at radius 2 is 0.930 bits per heavy atom. The van der Waals surface area contributed by atoms with Crippen molar-refractivity contribution in [1.29, 1.82) is 0 Å². The van der Waals surface area contributed by atoms with Crippen LogP contribution in [0.3, 0.4) is 0 Å². The van der Waals surface area contributed by atoms with Gasteiger partial charge in [0, 0.05) is 0 Å².